The Labute approximate surface area is 250 Å². The van der Waals surface area contributed by atoms with E-state index in [-0.39, 0.29) is 30.0 Å². The Bertz CT molecular complexity index is 1620. The predicted octanol–water partition coefficient (Wildman–Crippen LogP) is 3.51. The van der Waals surface area contributed by atoms with Crippen LogP contribution in [0.3, 0.4) is 0 Å². The van der Waals surface area contributed by atoms with E-state index in [1.165, 1.54) is 31.3 Å². The van der Waals surface area contributed by atoms with Crippen molar-refractivity contribution in [1.82, 2.24) is 4.90 Å². The lowest BCUT2D eigenvalue weighted by Gasteiger charge is -2.33. The Morgan fingerprint density at radius 1 is 1.00 bits per heavy atom. The molecule has 43 heavy (non-hydrogen) atoms. The number of anilines is 1. The molecule has 4 rings (SSSR count). The molecule has 3 aromatic rings. The number of benzene rings is 3. The summed E-state index contributed by atoms with van der Waals surface area (Å²) in [6.07, 6.45) is 1.36. The molecule has 3 aromatic carbocycles. The van der Waals surface area contributed by atoms with Crippen molar-refractivity contribution in [3.63, 3.8) is 0 Å². The van der Waals surface area contributed by atoms with Gasteiger partial charge in [-0.05, 0) is 60.9 Å². The van der Waals surface area contributed by atoms with Crippen LogP contribution < -0.4 is 20.5 Å². The van der Waals surface area contributed by atoms with Crippen molar-refractivity contribution in [2.24, 2.45) is 11.7 Å². The molecule has 1 saturated heterocycles. The predicted molar refractivity (Wildman–Crippen MR) is 160 cm³/mol. The molecule has 3 N–H and O–H groups in total. The number of ether oxygens (including phenoxy) is 3. The van der Waals surface area contributed by atoms with Gasteiger partial charge in [-0.25, -0.2) is 8.42 Å². The zero-order chi connectivity index (χ0) is 31.3. The Balaban J connectivity index is 1.86. The maximum atomic E-state index is 14.6. The highest BCUT2D eigenvalue weighted by molar-refractivity contribution is 7.90. The van der Waals surface area contributed by atoms with E-state index in [0.29, 0.717) is 28.3 Å². The molecule has 3 atom stereocenters. The molecule has 12 heteroatoms. The van der Waals surface area contributed by atoms with E-state index in [0.717, 1.165) is 6.26 Å². The van der Waals surface area contributed by atoms with E-state index in [2.05, 4.69) is 5.32 Å². The first-order chi connectivity index (χ1) is 20.5. The number of amides is 2. The lowest BCUT2D eigenvalue weighted by Crippen LogP contribution is -2.40. The zero-order valence-corrected chi connectivity index (χ0v) is 25.2. The van der Waals surface area contributed by atoms with E-state index in [9.17, 15) is 22.8 Å². The first-order valence-corrected chi connectivity index (χ1v) is 15.5. The van der Waals surface area contributed by atoms with Crippen molar-refractivity contribution in [1.29, 1.82) is 0 Å². The van der Waals surface area contributed by atoms with Crippen LogP contribution in [0, 0.1) is 5.92 Å². The fourth-order valence-corrected chi connectivity index (χ4v) is 6.34. The van der Waals surface area contributed by atoms with Crippen LogP contribution >= 0.6 is 0 Å². The maximum absolute atomic E-state index is 14.6. The number of hydrogen-bond acceptors (Lipinski definition) is 9. The second-order valence-corrected chi connectivity index (χ2v) is 12.1. The van der Waals surface area contributed by atoms with Gasteiger partial charge in [-0.2, -0.15) is 0 Å². The maximum Gasteiger partial charge on any atom is 0.311 e. The van der Waals surface area contributed by atoms with Crippen molar-refractivity contribution < 1.29 is 37.0 Å². The molecule has 0 bridgehead atoms. The molecule has 0 aromatic heterocycles. The number of nitrogens with one attached hydrogen (secondary N) is 1. The topological polar surface area (TPSA) is 154 Å². The number of rotatable bonds is 11. The summed E-state index contributed by atoms with van der Waals surface area (Å²) in [7, 11) is -0.738. The third-order valence-corrected chi connectivity index (χ3v) is 8.52. The van der Waals surface area contributed by atoms with Crippen LogP contribution in [0.15, 0.2) is 71.6 Å². The van der Waals surface area contributed by atoms with Crippen LogP contribution in [-0.4, -0.2) is 64.7 Å². The normalized spacial score (nSPS) is 17.2. The zero-order valence-electron chi connectivity index (χ0n) is 24.4. The van der Waals surface area contributed by atoms with Crippen LogP contribution in [0.4, 0.5) is 5.69 Å². The fourth-order valence-electron chi connectivity index (χ4n) is 5.40. The minimum atomic E-state index is -3.71. The third-order valence-electron chi connectivity index (χ3n) is 7.35. The van der Waals surface area contributed by atoms with Crippen LogP contribution in [-0.2, 0) is 24.2 Å². The molecule has 0 spiro atoms. The van der Waals surface area contributed by atoms with Crippen molar-refractivity contribution in [2.75, 3.05) is 38.9 Å². The van der Waals surface area contributed by atoms with E-state index in [4.69, 9.17) is 19.9 Å². The summed E-state index contributed by atoms with van der Waals surface area (Å²) in [6.45, 7) is 1.99. The van der Waals surface area contributed by atoms with Gasteiger partial charge in [0.15, 0.2) is 21.3 Å². The van der Waals surface area contributed by atoms with Gasteiger partial charge in [0.25, 0.3) is 0 Å². The minimum absolute atomic E-state index is 0.0267. The summed E-state index contributed by atoms with van der Waals surface area (Å²) in [6, 6.07) is 15.8. The summed E-state index contributed by atoms with van der Waals surface area (Å²) in [5, 5.41) is 3.21. The van der Waals surface area contributed by atoms with E-state index in [1.807, 2.05) is 0 Å². The highest BCUT2D eigenvalue weighted by Crippen LogP contribution is 2.43. The molecule has 0 saturated carbocycles. The fraction of sp³-hybridized carbons (Fsp3) is 0.323. The second-order valence-electron chi connectivity index (χ2n) is 10.1. The van der Waals surface area contributed by atoms with Gasteiger partial charge in [0, 0.05) is 24.1 Å². The van der Waals surface area contributed by atoms with Crippen molar-refractivity contribution in [3.05, 3.63) is 83.4 Å². The number of esters is 1. The molecular weight excluding hydrogens is 574 g/mol. The lowest BCUT2D eigenvalue weighted by atomic mass is 9.93. The minimum Gasteiger partial charge on any atom is -0.493 e. The molecule has 1 aliphatic heterocycles. The van der Waals surface area contributed by atoms with E-state index < -0.39 is 45.6 Å². The number of carbonyl (C=O) groups excluding carboxylic acids is 3. The van der Waals surface area contributed by atoms with Crippen molar-refractivity contribution in [3.8, 4) is 11.5 Å². The number of hydrogen-bond donors (Lipinski definition) is 2. The molecule has 11 nitrogen and oxygen atoms in total. The number of sulfone groups is 1. The van der Waals surface area contributed by atoms with E-state index in [1.54, 1.807) is 61.5 Å². The summed E-state index contributed by atoms with van der Waals surface area (Å²) in [5.41, 5.74) is 7.01. The van der Waals surface area contributed by atoms with Crippen LogP contribution in [0.25, 0.3) is 0 Å². The molecule has 0 radical (unpaired) electrons. The standard InChI is InChI=1S/C31H35N3O8S/c1-5-42-31(37)23-15-16-34(28(23)22-11-6-7-12-26(22)43(4,38)39)30(36)27(19-13-14-24(40-2)25(18-19)41-3)33-21-10-8-9-20(17-21)29(32)35/h6-14,17-18,23,27-28,33H,5,15-16H2,1-4H3,(H2,32,35)/t23-,27+,28-/m0/s1. The quantitative estimate of drug-likeness (QED) is 0.311. The Morgan fingerprint density at radius 3 is 2.37 bits per heavy atom. The van der Waals surface area contributed by atoms with Crippen LogP contribution in [0.1, 0.15) is 46.9 Å². The summed E-state index contributed by atoms with van der Waals surface area (Å²) in [4.78, 5) is 41.1. The smallest absolute Gasteiger partial charge is 0.311 e. The summed E-state index contributed by atoms with van der Waals surface area (Å²) in [5.74, 6) is -1.54. The summed E-state index contributed by atoms with van der Waals surface area (Å²) >= 11 is 0. The Morgan fingerprint density at radius 2 is 1.72 bits per heavy atom. The van der Waals surface area contributed by atoms with Crippen molar-refractivity contribution in [2.45, 2.75) is 30.3 Å². The number of nitrogens with zero attached hydrogens (tertiary/aromatic N) is 1. The van der Waals surface area contributed by atoms with Crippen molar-refractivity contribution >= 4 is 33.3 Å². The monoisotopic (exact) mass is 609 g/mol. The first kappa shape index (κ1) is 31.4. The number of carbonyl (C=O) groups is 3. The van der Waals surface area contributed by atoms with E-state index >= 15 is 0 Å². The SMILES string of the molecule is CCOC(=O)[C@H]1CCN(C(=O)[C@H](Nc2cccc(C(N)=O)c2)c2ccc(OC)c(OC)c2)[C@H]1c1ccccc1S(C)(=O)=O. The van der Waals surface area contributed by atoms with Gasteiger partial charge >= 0.3 is 5.97 Å². The molecular formula is C31H35N3O8S. The molecule has 0 unspecified atom stereocenters. The number of nitrogens with two attached hydrogens (primary N) is 1. The molecule has 1 fully saturated rings. The largest absolute Gasteiger partial charge is 0.493 e. The van der Waals surface area contributed by atoms with Gasteiger partial charge in [-0.1, -0.05) is 30.3 Å². The Hall–Kier alpha value is -4.58. The van der Waals surface area contributed by atoms with Gasteiger partial charge in [0.05, 0.1) is 37.7 Å². The molecule has 0 aliphatic carbocycles. The first-order valence-electron chi connectivity index (χ1n) is 13.6. The van der Waals surface area contributed by atoms with Crippen LogP contribution in [0.2, 0.25) is 0 Å². The van der Waals surface area contributed by atoms with Gasteiger partial charge < -0.3 is 30.2 Å². The Kier molecular flexibility index (Phi) is 9.59. The second kappa shape index (κ2) is 13.2. The number of primary amides is 1. The number of methoxy groups -OCH3 is 2. The lowest BCUT2D eigenvalue weighted by molar-refractivity contribution is -0.149. The average molecular weight is 610 g/mol. The highest BCUT2D eigenvalue weighted by Gasteiger charge is 2.46. The van der Waals surface area contributed by atoms with Gasteiger partial charge in [0.1, 0.15) is 6.04 Å². The molecule has 1 aliphatic rings. The van der Waals surface area contributed by atoms with Gasteiger partial charge in [-0.15, -0.1) is 0 Å². The molecule has 228 valence electrons. The highest BCUT2D eigenvalue weighted by atomic mass is 32.2. The third kappa shape index (κ3) is 6.75. The summed E-state index contributed by atoms with van der Waals surface area (Å²) < 4.78 is 41.8. The van der Waals surface area contributed by atoms with Crippen LogP contribution in [0.5, 0.6) is 11.5 Å². The average Bonchev–Trinajstić information content (AvgIpc) is 3.44. The van der Waals surface area contributed by atoms with Gasteiger partial charge in [-0.3, -0.25) is 14.4 Å². The molecule has 2 amide bonds. The molecule has 1 heterocycles. The number of likely N-dealkylation sites (tertiary alicyclic amines) is 1. The van der Waals surface area contributed by atoms with Gasteiger partial charge in [0.2, 0.25) is 11.8 Å².